The highest BCUT2D eigenvalue weighted by molar-refractivity contribution is 5.77. The van der Waals surface area contributed by atoms with Crippen molar-refractivity contribution in [3.63, 3.8) is 0 Å². The summed E-state index contributed by atoms with van der Waals surface area (Å²) in [5, 5.41) is 9.87. The zero-order chi connectivity index (χ0) is 12.5. The second-order valence-corrected chi connectivity index (χ2v) is 3.90. The molecule has 0 amide bonds. The molecule has 0 aliphatic carbocycles. The summed E-state index contributed by atoms with van der Waals surface area (Å²) < 4.78 is 5.63. The van der Waals surface area contributed by atoms with Gasteiger partial charge >= 0.3 is 0 Å². The highest BCUT2D eigenvalue weighted by atomic mass is 16.3. The van der Waals surface area contributed by atoms with Crippen LogP contribution in [0.25, 0.3) is 22.3 Å². The van der Waals surface area contributed by atoms with E-state index in [0.29, 0.717) is 22.3 Å². The lowest BCUT2D eigenvalue weighted by Crippen LogP contribution is -2.00. The summed E-state index contributed by atoms with van der Waals surface area (Å²) >= 11 is 0. The zero-order valence-electron chi connectivity index (χ0n) is 9.33. The fourth-order valence-corrected chi connectivity index (χ4v) is 1.80. The van der Waals surface area contributed by atoms with Crippen LogP contribution in [0.3, 0.4) is 0 Å². The molecular weight excluding hydrogens is 230 g/mol. The fraction of sp³-hybridized carbons (Fsp3) is 0. The minimum Gasteiger partial charge on any atom is -0.508 e. The molecule has 3 rings (SSSR count). The smallest absolute Gasteiger partial charge is 0.194 e. The van der Waals surface area contributed by atoms with Gasteiger partial charge in [-0.3, -0.25) is 9.78 Å². The van der Waals surface area contributed by atoms with E-state index >= 15 is 0 Å². The standard InChI is InChI=1S/C14H9NO3/c16-10-3-1-2-9(6-10)14-7-12(17)11-8-15-5-4-13(11)18-14/h1-8,16H. The first-order valence-electron chi connectivity index (χ1n) is 5.41. The van der Waals surface area contributed by atoms with Crippen LogP contribution in [0.4, 0.5) is 0 Å². The number of aromatic hydroxyl groups is 1. The van der Waals surface area contributed by atoms with Crippen molar-refractivity contribution in [1.29, 1.82) is 0 Å². The Labute approximate surface area is 102 Å². The Balaban J connectivity index is 2.28. The molecule has 0 spiro atoms. The molecule has 0 radical (unpaired) electrons. The van der Waals surface area contributed by atoms with E-state index in [1.165, 1.54) is 12.3 Å². The van der Waals surface area contributed by atoms with Crippen LogP contribution < -0.4 is 5.43 Å². The molecule has 2 heterocycles. The lowest BCUT2D eigenvalue weighted by atomic mass is 10.1. The number of hydrogen-bond donors (Lipinski definition) is 1. The van der Waals surface area contributed by atoms with Crippen LogP contribution in [-0.4, -0.2) is 10.1 Å². The quantitative estimate of drug-likeness (QED) is 0.708. The number of aromatic nitrogens is 1. The van der Waals surface area contributed by atoms with E-state index < -0.39 is 0 Å². The molecular formula is C14H9NO3. The third-order valence-electron chi connectivity index (χ3n) is 2.66. The van der Waals surface area contributed by atoms with Crippen LogP contribution in [0.15, 0.2) is 58.0 Å². The molecule has 0 atom stereocenters. The number of pyridine rings is 1. The van der Waals surface area contributed by atoms with Crippen molar-refractivity contribution in [1.82, 2.24) is 4.98 Å². The number of nitrogens with zero attached hydrogens (tertiary/aromatic N) is 1. The maximum absolute atomic E-state index is 11.9. The molecule has 0 aliphatic heterocycles. The van der Waals surface area contributed by atoms with Crippen LogP contribution in [0, 0.1) is 0 Å². The van der Waals surface area contributed by atoms with Crippen molar-refractivity contribution < 1.29 is 9.52 Å². The number of rotatable bonds is 1. The summed E-state index contributed by atoms with van der Waals surface area (Å²) in [6, 6.07) is 9.62. The van der Waals surface area contributed by atoms with Crippen molar-refractivity contribution in [2.75, 3.05) is 0 Å². The van der Waals surface area contributed by atoms with Gasteiger partial charge in [0.25, 0.3) is 0 Å². The minimum absolute atomic E-state index is 0.130. The molecule has 0 fully saturated rings. The van der Waals surface area contributed by atoms with E-state index in [9.17, 15) is 9.90 Å². The Morgan fingerprint density at radius 3 is 2.89 bits per heavy atom. The molecule has 0 unspecified atom stereocenters. The van der Waals surface area contributed by atoms with Gasteiger partial charge in [-0.25, -0.2) is 0 Å². The van der Waals surface area contributed by atoms with Crippen molar-refractivity contribution in [3.8, 4) is 17.1 Å². The highest BCUT2D eigenvalue weighted by Gasteiger charge is 2.07. The largest absolute Gasteiger partial charge is 0.508 e. The van der Waals surface area contributed by atoms with Crippen molar-refractivity contribution in [2.45, 2.75) is 0 Å². The monoisotopic (exact) mass is 239 g/mol. The minimum atomic E-state index is -0.150. The Bertz CT molecular complexity index is 777. The second kappa shape index (κ2) is 4.00. The first-order chi connectivity index (χ1) is 8.74. The Morgan fingerprint density at radius 1 is 1.17 bits per heavy atom. The molecule has 0 saturated heterocycles. The van der Waals surface area contributed by atoms with Gasteiger partial charge in [-0.2, -0.15) is 0 Å². The van der Waals surface area contributed by atoms with Crippen LogP contribution >= 0.6 is 0 Å². The van der Waals surface area contributed by atoms with E-state index in [1.807, 2.05) is 0 Å². The lowest BCUT2D eigenvalue weighted by Gasteiger charge is -2.03. The zero-order valence-corrected chi connectivity index (χ0v) is 9.33. The number of fused-ring (bicyclic) bond motifs is 1. The summed E-state index contributed by atoms with van der Waals surface area (Å²) in [6.07, 6.45) is 3.05. The van der Waals surface area contributed by atoms with Gasteiger partial charge in [0.1, 0.15) is 17.1 Å². The summed E-state index contributed by atoms with van der Waals surface area (Å²) in [6.45, 7) is 0. The summed E-state index contributed by atoms with van der Waals surface area (Å²) in [4.78, 5) is 15.8. The van der Waals surface area contributed by atoms with Crippen molar-refractivity contribution >= 4 is 11.0 Å². The fourth-order valence-electron chi connectivity index (χ4n) is 1.80. The molecule has 0 aliphatic rings. The number of phenols is 1. The molecule has 0 bridgehead atoms. The SMILES string of the molecule is O=c1cc(-c2cccc(O)c2)oc2ccncc12. The molecule has 1 N–H and O–H groups in total. The summed E-state index contributed by atoms with van der Waals surface area (Å²) in [5.41, 5.74) is 0.990. The Hall–Kier alpha value is -2.62. The number of hydrogen-bond acceptors (Lipinski definition) is 4. The van der Waals surface area contributed by atoms with Gasteiger partial charge in [0.15, 0.2) is 5.43 Å². The predicted octanol–water partition coefficient (Wildman–Crippen LogP) is 2.56. The van der Waals surface area contributed by atoms with Crippen molar-refractivity contribution in [2.24, 2.45) is 0 Å². The predicted molar refractivity (Wildman–Crippen MR) is 67.4 cm³/mol. The average molecular weight is 239 g/mol. The molecule has 1 aromatic carbocycles. The van der Waals surface area contributed by atoms with Gasteiger partial charge in [0, 0.05) is 24.0 Å². The average Bonchev–Trinajstić information content (AvgIpc) is 2.39. The van der Waals surface area contributed by atoms with Crippen LogP contribution in [0.5, 0.6) is 5.75 Å². The van der Waals surface area contributed by atoms with E-state index in [2.05, 4.69) is 4.98 Å². The normalized spacial score (nSPS) is 10.7. The molecule has 2 aromatic heterocycles. The maximum Gasteiger partial charge on any atom is 0.194 e. The van der Waals surface area contributed by atoms with E-state index in [0.717, 1.165) is 0 Å². The van der Waals surface area contributed by atoms with Crippen LogP contribution in [-0.2, 0) is 0 Å². The van der Waals surface area contributed by atoms with Gasteiger partial charge in [0.05, 0.1) is 5.39 Å². The maximum atomic E-state index is 11.9. The Morgan fingerprint density at radius 2 is 2.06 bits per heavy atom. The van der Waals surface area contributed by atoms with Crippen molar-refractivity contribution in [3.05, 3.63) is 59.0 Å². The van der Waals surface area contributed by atoms with Gasteiger partial charge in [-0.05, 0) is 18.2 Å². The lowest BCUT2D eigenvalue weighted by molar-refractivity contribution is 0.475. The number of phenolic OH excluding ortho intramolecular Hbond substituents is 1. The van der Waals surface area contributed by atoms with E-state index in [-0.39, 0.29) is 11.2 Å². The molecule has 4 heteroatoms. The van der Waals surface area contributed by atoms with Gasteiger partial charge in [0.2, 0.25) is 0 Å². The summed E-state index contributed by atoms with van der Waals surface area (Å²) in [7, 11) is 0. The summed E-state index contributed by atoms with van der Waals surface area (Å²) in [5.74, 6) is 0.555. The topological polar surface area (TPSA) is 63.3 Å². The molecule has 0 saturated carbocycles. The highest BCUT2D eigenvalue weighted by Crippen LogP contribution is 2.24. The second-order valence-electron chi connectivity index (χ2n) is 3.90. The van der Waals surface area contributed by atoms with Gasteiger partial charge < -0.3 is 9.52 Å². The molecule has 4 nitrogen and oxygen atoms in total. The first-order valence-corrected chi connectivity index (χ1v) is 5.41. The van der Waals surface area contributed by atoms with Gasteiger partial charge in [-0.15, -0.1) is 0 Å². The third kappa shape index (κ3) is 1.73. The molecule has 88 valence electrons. The van der Waals surface area contributed by atoms with E-state index in [1.54, 1.807) is 36.5 Å². The molecule has 18 heavy (non-hydrogen) atoms. The van der Waals surface area contributed by atoms with E-state index in [4.69, 9.17) is 4.42 Å². The van der Waals surface area contributed by atoms with Gasteiger partial charge in [-0.1, -0.05) is 12.1 Å². The molecule has 3 aromatic rings. The Kier molecular flexibility index (Phi) is 2.34. The number of benzene rings is 1. The van der Waals surface area contributed by atoms with Crippen LogP contribution in [0.1, 0.15) is 0 Å². The first kappa shape index (κ1) is 10.5. The third-order valence-corrected chi connectivity index (χ3v) is 2.66. The van der Waals surface area contributed by atoms with Crippen LogP contribution in [0.2, 0.25) is 0 Å².